The van der Waals surface area contributed by atoms with Gasteiger partial charge in [-0.3, -0.25) is 4.79 Å². The maximum Gasteiger partial charge on any atom is 0.338 e. The molecule has 1 saturated heterocycles. The van der Waals surface area contributed by atoms with Crippen LogP contribution in [-0.2, 0) is 14.3 Å². The molecule has 1 aliphatic rings. The second kappa shape index (κ2) is 12.1. The first-order valence-corrected chi connectivity index (χ1v) is 11.3. The summed E-state index contributed by atoms with van der Waals surface area (Å²) in [5.74, 6) is 0.379. The standard InChI is InChI=1S/C25H32N2O6/c1-4-31-23-15-19(5-10-22(23)32-16-18(2)3)25(29)33-17-24(28)26-20-6-8-21(9-7-20)27-11-13-30-14-12-27/h5-10,15,18H,4,11-14,16-17H2,1-3H3,(H,26,28). The molecule has 1 aliphatic heterocycles. The molecule has 0 spiro atoms. The van der Waals surface area contributed by atoms with Crippen LogP contribution in [0.2, 0.25) is 0 Å². The third-order valence-electron chi connectivity index (χ3n) is 4.91. The van der Waals surface area contributed by atoms with Crippen molar-refractivity contribution >= 4 is 23.3 Å². The van der Waals surface area contributed by atoms with Gasteiger partial charge >= 0.3 is 5.97 Å². The number of hydrogen-bond donors (Lipinski definition) is 1. The minimum absolute atomic E-state index is 0.290. The number of nitrogens with one attached hydrogen (secondary N) is 1. The molecule has 0 bridgehead atoms. The first-order valence-electron chi connectivity index (χ1n) is 11.3. The number of anilines is 2. The Hall–Kier alpha value is -3.26. The van der Waals surface area contributed by atoms with Gasteiger partial charge in [0.2, 0.25) is 0 Å². The van der Waals surface area contributed by atoms with Crippen LogP contribution in [0.15, 0.2) is 42.5 Å². The second-order valence-corrected chi connectivity index (χ2v) is 8.07. The average Bonchev–Trinajstić information content (AvgIpc) is 2.83. The Kier molecular flexibility index (Phi) is 8.95. The van der Waals surface area contributed by atoms with Gasteiger partial charge in [0, 0.05) is 24.5 Å². The van der Waals surface area contributed by atoms with E-state index in [2.05, 4.69) is 24.1 Å². The quantitative estimate of drug-likeness (QED) is 0.545. The first kappa shape index (κ1) is 24.4. The summed E-state index contributed by atoms with van der Waals surface area (Å²) in [6, 6.07) is 12.4. The summed E-state index contributed by atoms with van der Waals surface area (Å²) in [6.07, 6.45) is 0. The number of morpholine rings is 1. The topological polar surface area (TPSA) is 86.3 Å². The molecular formula is C25H32N2O6. The summed E-state index contributed by atoms with van der Waals surface area (Å²) in [4.78, 5) is 26.9. The van der Waals surface area contributed by atoms with E-state index in [1.165, 1.54) is 0 Å². The van der Waals surface area contributed by atoms with Crippen molar-refractivity contribution in [1.82, 2.24) is 0 Å². The Morgan fingerprint density at radius 1 is 1.03 bits per heavy atom. The zero-order chi connectivity index (χ0) is 23.6. The minimum Gasteiger partial charge on any atom is -0.490 e. The Labute approximate surface area is 194 Å². The van der Waals surface area contributed by atoms with Gasteiger partial charge in [0.25, 0.3) is 5.91 Å². The Morgan fingerprint density at radius 3 is 2.42 bits per heavy atom. The van der Waals surface area contributed by atoms with Gasteiger partial charge in [-0.25, -0.2) is 4.79 Å². The van der Waals surface area contributed by atoms with Gasteiger partial charge in [0.05, 0.1) is 32.0 Å². The van der Waals surface area contributed by atoms with E-state index in [1.807, 2.05) is 31.2 Å². The smallest absolute Gasteiger partial charge is 0.338 e. The molecule has 3 rings (SSSR count). The molecule has 0 atom stereocenters. The number of carbonyl (C=O) groups excluding carboxylic acids is 2. The van der Waals surface area contributed by atoms with Gasteiger partial charge in [-0.05, 0) is 55.3 Å². The molecule has 33 heavy (non-hydrogen) atoms. The van der Waals surface area contributed by atoms with Gasteiger partial charge in [0.1, 0.15) is 0 Å². The molecule has 0 radical (unpaired) electrons. The highest BCUT2D eigenvalue weighted by Crippen LogP contribution is 2.29. The van der Waals surface area contributed by atoms with Crippen LogP contribution in [0.5, 0.6) is 11.5 Å². The van der Waals surface area contributed by atoms with Crippen LogP contribution < -0.4 is 19.7 Å². The molecule has 2 aromatic rings. The monoisotopic (exact) mass is 456 g/mol. The number of nitrogens with zero attached hydrogens (tertiary/aromatic N) is 1. The highest BCUT2D eigenvalue weighted by molar-refractivity contribution is 5.95. The van der Waals surface area contributed by atoms with E-state index in [0.29, 0.717) is 49.5 Å². The number of carbonyl (C=O) groups is 2. The van der Waals surface area contributed by atoms with Crippen molar-refractivity contribution in [2.24, 2.45) is 5.92 Å². The summed E-state index contributed by atoms with van der Waals surface area (Å²) in [7, 11) is 0. The fourth-order valence-corrected chi connectivity index (χ4v) is 3.27. The first-order chi connectivity index (χ1) is 16.0. The molecule has 1 fully saturated rings. The van der Waals surface area contributed by atoms with Gasteiger partial charge < -0.3 is 29.2 Å². The maximum absolute atomic E-state index is 12.4. The van der Waals surface area contributed by atoms with E-state index in [-0.39, 0.29) is 12.2 Å². The molecule has 178 valence electrons. The summed E-state index contributed by atoms with van der Waals surface area (Å²) in [6.45, 7) is 9.66. The lowest BCUT2D eigenvalue weighted by Crippen LogP contribution is -2.36. The maximum atomic E-state index is 12.4. The number of ether oxygens (including phenoxy) is 4. The predicted molar refractivity (Wildman–Crippen MR) is 126 cm³/mol. The van der Waals surface area contributed by atoms with Crippen molar-refractivity contribution in [2.75, 3.05) is 56.3 Å². The van der Waals surface area contributed by atoms with Crippen molar-refractivity contribution in [2.45, 2.75) is 20.8 Å². The van der Waals surface area contributed by atoms with Crippen LogP contribution in [-0.4, -0.2) is 58.0 Å². The molecular weight excluding hydrogens is 424 g/mol. The number of esters is 1. The van der Waals surface area contributed by atoms with Crippen LogP contribution in [0.25, 0.3) is 0 Å². The average molecular weight is 457 g/mol. The van der Waals surface area contributed by atoms with E-state index in [4.69, 9.17) is 18.9 Å². The molecule has 1 amide bonds. The van der Waals surface area contributed by atoms with Crippen molar-refractivity contribution < 1.29 is 28.5 Å². The number of amides is 1. The molecule has 0 aliphatic carbocycles. The van der Waals surface area contributed by atoms with Crippen molar-refractivity contribution in [3.63, 3.8) is 0 Å². The number of benzene rings is 2. The molecule has 2 aromatic carbocycles. The van der Waals surface area contributed by atoms with Crippen LogP contribution in [0.1, 0.15) is 31.1 Å². The SMILES string of the molecule is CCOc1cc(C(=O)OCC(=O)Nc2ccc(N3CCOCC3)cc2)ccc1OCC(C)C. The third kappa shape index (κ3) is 7.39. The molecule has 0 saturated carbocycles. The normalized spacial score (nSPS) is 13.5. The molecule has 0 aromatic heterocycles. The van der Waals surface area contributed by atoms with Crippen LogP contribution in [0, 0.1) is 5.92 Å². The van der Waals surface area contributed by atoms with E-state index in [1.54, 1.807) is 18.2 Å². The molecule has 1 N–H and O–H groups in total. The number of hydrogen-bond acceptors (Lipinski definition) is 7. The summed E-state index contributed by atoms with van der Waals surface area (Å²) in [5.41, 5.74) is 2.00. The van der Waals surface area contributed by atoms with E-state index in [9.17, 15) is 9.59 Å². The van der Waals surface area contributed by atoms with Crippen molar-refractivity contribution in [1.29, 1.82) is 0 Å². The Bertz CT molecular complexity index is 923. The van der Waals surface area contributed by atoms with E-state index < -0.39 is 11.9 Å². The Morgan fingerprint density at radius 2 is 1.76 bits per heavy atom. The van der Waals surface area contributed by atoms with Crippen LogP contribution in [0.3, 0.4) is 0 Å². The highest BCUT2D eigenvalue weighted by atomic mass is 16.5. The summed E-state index contributed by atoms with van der Waals surface area (Å²) in [5, 5.41) is 2.74. The van der Waals surface area contributed by atoms with E-state index in [0.717, 1.165) is 18.8 Å². The lowest BCUT2D eigenvalue weighted by Gasteiger charge is -2.28. The zero-order valence-electron chi connectivity index (χ0n) is 19.5. The molecule has 8 heteroatoms. The molecule has 8 nitrogen and oxygen atoms in total. The fraction of sp³-hybridized carbons (Fsp3) is 0.440. The van der Waals surface area contributed by atoms with Gasteiger partial charge in [-0.15, -0.1) is 0 Å². The van der Waals surface area contributed by atoms with Crippen LogP contribution in [0.4, 0.5) is 11.4 Å². The van der Waals surface area contributed by atoms with Crippen molar-refractivity contribution in [3.05, 3.63) is 48.0 Å². The van der Waals surface area contributed by atoms with Crippen molar-refractivity contribution in [3.8, 4) is 11.5 Å². The van der Waals surface area contributed by atoms with Gasteiger partial charge in [-0.1, -0.05) is 13.8 Å². The minimum atomic E-state index is -0.607. The van der Waals surface area contributed by atoms with Crippen LogP contribution >= 0.6 is 0 Å². The highest BCUT2D eigenvalue weighted by Gasteiger charge is 2.15. The third-order valence-corrected chi connectivity index (χ3v) is 4.91. The second-order valence-electron chi connectivity index (χ2n) is 8.07. The zero-order valence-corrected chi connectivity index (χ0v) is 19.5. The fourth-order valence-electron chi connectivity index (χ4n) is 3.27. The van der Waals surface area contributed by atoms with Gasteiger partial charge in [0.15, 0.2) is 18.1 Å². The largest absolute Gasteiger partial charge is 0.490 e. The summed E-state index contributed by atoms with van der Waals surface area (Å²) < 4.78 is 21.9. The molecule has 0 unspecified atom stereocenters. The summed E-state index contributed by atoms with van der Waals surface area (Å²) >= 11 is 0. The Balaban J connectivity index is 1.52. The predicted octanol–water partition coefficient (Wildman–Crippen LogP) is 3.75. The van der Waals surface area contributed by atoms with E-state index >= 15 is 0 Å². The van der Waals surface area contributed by atoms with Gasteiger partial charge in [-0.2, -0.15) is 0 Å². The number of rotatable bonds is 10. The lowest BCUT2D eigenvalue weighted by atomic mass is 10.2. The lowest BCUT2D eigenvalue weighted by molar-refractivity contribution is -0.119. The molecule has 1 heterocycles.